The van der Waals surface area contributed by atoms with E-state index in [4.69, 9.17) is 4.74 Å². The maximum atomic E-state index is 5.86. The van der Waals surface area contributed by atoms with Gasteiger partial charge in [-0.25, -0.2) is 0 Å². The van der Waals surface area contributed by atoms with Crippen LogP contribution in [0.1, 0.15) is 30.0 Å². The van der Waals surface area contributed by atoms with Gasteiger partial charge in [-0.2, -0.15) is 0 Å². The second-order valence-corrected chi connectivity index (χ2v) is 6.97. The summed E-state index contributed by atoms with van der Waals surface area (Å²) < 4.78 is 7.78. The molecule has 0 radical (unpaired) electrons. The summed E-state index contributed by atoms with van der Waals surface area (Å²) >= 11 is 7.08. The van der Waals surface area contributed by atoms with Crippen molar-refractivity contribution in [3.63, 3.8) is 0 Å². The lowest BCUT2D eigenvalue weighted by atomic mass is 10.1. The number of hydrogen-bond donors (Lipinski definition) is 0. The highest BCUT2D eigenvalue weighted by Crippen LogP contribution is 2.32. The van der Waals surface area contributed by atoms with Gasteiger partial charge in [-0.15, -0.1) is 0 Å². The summed E-state index contributed by atoms with van der Waals surface area (Å²) in [4.78, 5) is 4.64. The minimum atomic E-state index is 0.685. The Morgan fingerprint density at radius 1 is 1.14 bits per heavy atom. The van der Waals surface area contributed by atoms with Crippen molar-refractivity contribution in [2.24, 2.45) is 4.99 Å². The molecule has 0 atom stereocenters. The number of aryl methyl sites for hydroxylation is 2. The Balaban J connectivity index is 2.39. The molecule has 0 bridgehead atoms. The van der Waals surface area contributed by atoms with E-state index in [-0.39, 0.29) is 0 Å². The van der Waals surface area contributed by atoms with E-state index >= 15 is 0 Å². The van der Waals surface area contributed by atoms with Gasteiger partial charge in [-0.05, 0) is 65.5 Å². The minimum Gasteiger partial charge on any atom is -0.492 e. The third-order valence-electron chi connectivity index (χ3n) is 3.19. The molecule has 0 amide bonds. The van der Waals surface area contributed by atoms with Gasteiger partial charge in [0.25, 0.3) is 0 Å². The summed E-state index contributed by atoms with van der Waals surface area (Å²) in [5.41, 5.74) is 4.30. The molecule has 0 aliphatic carbocycles. The van der Waals surface area contributed by atoms with E-state index in [0.29, 0.717) is 6.61 Å². The predicted molar refractivity (Wildman–Crippen MR) is 101 cm³/mol. The molecular weight excluding hydrogens is 406 g/mol. The molecule has 0 unspecified atom stereocenters. The third-order valence-corrected chi connectivity index (χ3v) is 4.24. The Morgan fingerprint density at radius 3 is 2.64 bits per heavy atom. The van der Waals surface area contributed by atoms with Gasteiger partial charge in [0.05, 0.1) is 16.8 Å². The summed E-state index contributed by atoms with van der Waals surface area (Å²) in [5.74, 6) is 0.833. The first-order chi connectivity index (χ1) is 10.5. The van der Waals surface area contributed by atoms with Crippen molar-refractivity contribution in [3.05, 3.63) is 56.0 Å². The largest absolute Gasteiger partial charge is 0.492 e. The average Bonchev–Trinajstić information content (AvgIpc) is 2.47. The molecule has 0 aromatic heterocycles. The lowest BCUT2D eigenvalue weighted by Crippen LogP contribution is -1.99. The molecule has 0 saturated carbocycles. The van der Waals surface area contributed by atoms with Gasteiger partial charge in [0.2, 0.25) is 0 Å². The second kappa shape index (κ2) is 7.93. The number of rotatable bonds is 5. The topological polar surface area (TPSA) is 21.6 Å². The summed E-state index contributed by atoms with van der Waals surface area (Å²) in [7, 11) is 0. The van der Waals surface area contributed by atoms with Crippen LogP contribution in [0.2, 0.25) is 0 Å². The van der Waals surface area contributed by atoms with Crippen LogP contribution in [0.15, 0.2) is 44.3 Å². The first kappa shape index (κ1) is 17.2. The Morgan fingerprint density at radius 2 is 1.91 bits per heavy atom. The van der Waals surface area contributed by atoms with E-state index in [2.05, 4.69) is 75.8 Å². The molecular formula is C18H19Br2NO. The van der Waals surface area contributed by atoms with Crippen LogP contribution >= 0.6 is 31.9 Å². The molecule has 0 spiro atoms. The number of halogens is 2. The van der Waals surface area contributed by atoms with E-state index in [0.717, 1.165) is 37.9 Å². The fourth-order valence-corrected chi connectivity index (χ4v) is 3.40. The lowest BCUT2D eigenvalue weighted by molar-refractivity contribution is 0.315. The number of benzene rings is 2. The standard InChI is InChI=1S/C18H19Br2NO/c1-4-7-22-18-14(9-15(19)10-16(18)20)11-21-17-8-12(2)5-6-13(17)3/h5-6,8-11H,4,7H2,1-3H3. The van der Waals surface area contributed by atoms with Crippen molar-refractivity contribution in [3.8, 4) is 5.75 Å². The maximum absolute atomic E-state index is 5.86. The smallest absolute Gasteiger partial charge is 0.142 e. The van der Waals surface area contributed by atoms with Crippen molar-refractivity contribution in [2.75, 3.05) is 6.61 Å². The fourth-order valence-electron chi connectivity index (χ4n) is 2.03. The summed E-state index contributed by atoms with van der Waals surface area (Å²) in [6.07, 6.45) is 2.83. The highest BCUT2D eigenvalue weighted by Gasteiger charge is 2.09. The van der Waals surface area contributed by atoms with Gasteiger partial charge in [-0.3, -0.25) is 4.99 Å². The molecule has 0 N–H and O–H groups in total. The van der Waals surface area contributed by atoms with Gasteiger partial charge >= 0.3 is 0 Å². The van der Waals surface area contributed by atoms with Crippen LogP contribution in [0.25, 0.3) is 0 Å². The predicted octanol–water partition coefficient (Wildman–Crippen LogP) is 6.37. The van der Waals surface area contributed by atoms with Crippen LogP contribution in [0.4, 0.5) is 5.69 Å². The molecule has 116 valence electrons. The van der Waals surface area contributed by atoms with Gasteiger partial charge in [0.15, 0.2) is 0 Å². The first-order valence-electron chi connectivity index (χ1n) is 7.24. The van der Waals surface area contributed by atoms with Gasteiger partial charge < -0.3 is 4.74 Å². The molecule has 0 saturated heterocycles. The third kappa shape index (κ3) is 4.43. The lowest BCUT2D eigenvalue weighted by Gasteiger charge is -2.11. The van der Waals surface area contributed by atoms with Crippen LogP contribution in [0.5, 0.6) is 5.75 Å². The molecule has 2 rings (SSSR count). The Bertz CT molecular complexity index is 696. The van der Waals surface area contributed by atoms with Crippen LogP contribution in [-0.2, 0) is 0 Å². The van der Waals surface area contributed by atoms with Gasteiger partial charge in [-0.1, -0.05) is 35.0 Å². The fraction of sp³-hybridized carbons (Fsp3) is 0.278. The van der Waals surface area contributed by atoms with Crippen LogP contribution in [0, 0.1) is 13.8 Å². The van der Waals surface area contributed by atoms with Crippen LogP contribution in [0.3, 0.4) is 0 Å². The minimum absolute atomic E-state index is 0.685. The highest BCUT2D eigenvalue weighted by molar-refractivity contribution is 9.11. The number of aliphatic imine (C=N–C) groups is 1. The molecule has 0 aliphatic rings. The van der Waals surface area contributed by atoms with E-state index in [1.807, 2.05) is 18.3 Å². The van der Waals surface area contributed by atoms with Crippen LogP contribution in [-0.4, -0.2) is 12.8 Å². The maximum Gasteiger partial charge on any atom is 0.142 e. The second-order valence-electron chi connectivity index (χ2n) is 5.20. The molecule has 4 heteroatoms. The van der Waals surface area contributed by atoms with Crippen molar-refractivity contribution in [1.82, 2.24) is 0 Å². The summed E-state index contributed by atoms with van der Waals surface area (Å²) in [6, 6.07) is 10.3. The highest BCUT2D eigenvalue weighted by atomic mass is 79.9. The van der Waals surface area contributed by atoms with Crippen molar-refractivity contribution in [2.45, 2.75) is 27.2 Å². The van der Waals surface area contributed by atoms with Gasteiger partial charge in [0, 0.05) is 16.3 Å². The zero-order valence-electron chi connectivity index (χ0n) is 13.0. The zero-order chi connectivity index (χ0) is 16.1. The van der Waals surface area contributed by atoms with Crippen molar-refractivity contribution >= 4 is 43.8 Å². The average molecular weight is 425 g/mol. The van der Waals surface area contributed by atoms with Gasteiger partial charge in [0.1, 0.15) is 5.75 Å². The molecule has 0 fully saturated rings. The quantitative estimate of drug-likeness (QED) is 0.511. The number of hydrogen-bond acceptors (Lipinski definition) is 2. The molecule has 2 aromatic carbocycles. The number of nitrogens with zero attached hydrogens (tertiary/aromatic N) is 1. The van der Waals surface area contributed by atoms with Crippen molar-refractivity contribution < 1.29 is 4.74 Å². The number of ether oxygens (including phenoxy) is 1. The molecule has 22 heavy (non-hydrogen) atoms. The van der Waals surface area contributed by atoms with E-state index in [9.17, 15) is 0 Å². The normalized spacial score (nSPS) is 11.1. The Labute approximate surface area is 148 Å². The molecule has 2 aromatic rings. The first-order valence-corrected chi connectivity index (χ1v) is 8.83. The molecule has 0 aliphatic heterocycles. The monoisotopic (exact) mass is 423 g/mol. The van der Waals surface area contributed by atoms with Crippen molar-refractivity contribution in [1.29, 1.82) is 0 Å². The summed E-state index contributed by atoms with van der Waals surface area (Å²) in [6.45, 7) is 6.92. The SMILES string of the molecule is CCCOc1c(Br)cc(Br)cc1C=Nc1cc(C)ccc1C. The van der Waals surface area contributed by atoms with Crippen LogP contribution < -0.4 is 4.74 Å². The van der Waals surface area contributed by atoms with E-state index in [1.165, 1.54) is 5.56 Å². The van der Waals surface area contributed by atoms with E-state index < -0.39 is 0 Å². The molecule has 0 heterocycles. The Hall–Kier alpha value is -1.13. The Kier molecular flexibility index (Phi) is 6.21. The zero-order valence-corrected chi connectivity index (χ0v) is 16.2. The summed E-state index contributed by atoms with van der Waals surface area (Å²) in [5, 5.41) is 0. The molecule has 2 nitrogen and oxygen atoms in total. The van der Waals surface area contributed by atoms with E-state index in [1.54, 1.807) is 0 Å².